The maximum Gasteiger partial charge on any atom is 0.303 e. The first-order valence-corrected chi connectivity index (χ1v) is 8.50. The Bertz CT molecular complexity index is 595. The predicted molar refractivity (Wildman–Crippen MR) is 80.4 cm³/mol. The van der Waals surface area contributed by atoms with Crippen molar-refractivity contribution >= 4 is 21.9 Å². The van der Waals surface area contributed by atoms with Gasteiger partial charge in [-0.1, -0.05) is 24.6 Å². The molecule has 2 N–H and O–H groups in total. The van der Waals surface area contributed by atoms with Gasteiger partial charge in [-0.3, -0.25) is 9.52 Å². The summed E-state index contributed by atoms with van der Waals surface area (Å²) in [5.41, 5.74) is 1.16. The zero-order valence-corrected chi connectivity index (χ0v) is 12.6. The highest BCUT2D eigenvalue weighted by atomic mass is 32.2. The summed E-state index contributed by atoms with van der Waals surface area (Å²) in [5, 5.41) is 8.76. The van der Waals surface area contributed by atoms with Gasteiger partial charge in [-0.15, -0.1) is 0 Å². The lowest BCUT2D eigenvalue weighted by atomic mass is 10.1. The second-order valence-corrected chi connectivity index (χ2v) is 6.79. The van der Waals surface area contributed by atoms with E-state index in [1.54, 1.807) is 24.3 Å². The minimum Gasteiger partial charge on any atom is -0.481 e. The van der Waals surface area contributed by atoms with Crippen LogP contribution in [-0.2, 0) is 21.4 Å². The van der Waals surface area contributed by atoms with Crippen molar-refractivity contribution in [2.75, 3.05) is 17.8 Å². The number of nitrogens with zero attached hydrogens (tertiary/aromatic N) is 1. The van der Waals surface area contributed by atoms with Crippen molar-refractivity contribution in [3.05, 3.63) is 29.8 Å². The Kier molecular flexibility index (Phi) is 5.19. The number of nitrogens with one attached hydrogen (secondary N) is 1. The minimum absolute atomic E-state index is 0.0253. The Labute approximate surface area is 125 Å². The first-order chi connectivity index (χ1) is 9.99. The van der Waals surface area contributed by atoms with Gasteiger partial charge in [0.25, 0.3) is 0 Å². The van der Waals surface area contributed by atoms with Crippen LogP contribution in [0.2, 0.25) is 0 Å². The van der Waals surface area contributed by atoms with Crippen LogP contribution in [0.3, 0.4) is 0 Å². The van der Waals surface area contributed by atoms with E-state index in [-0.39, 0.29) is 6.42 Å². The number of hydrogen-bond acceptors (Lipinski definition) is 3. The largest absolute Gasteiger partial charge is 0.481 e. The number of aryl methyl sites for hydroxylation is 1. The van der Waals surface area contributed by atoms with Crippen LogP contribution in [0.15, 0.2) is 24.3 Å². The molecule has 1 aromatic carbocycles. The summed E-state index contributed by atoms with van der Waals surface area (Å²) in [7, 11) is -3.56. The smallest absolute Gasteiger partial charge is 0.303 e. The van der Waals surface area contributed by atoms with Crippen molar-refractivity contribution in [3.63, 3.8) is 0 Å². The quantitative estimate of drug-likeness (QED) is 0.839. The highest BCUT2D eigenvalue weighted by Crippen LogP contribution is 2.21. The molecule has 116 valence electrons. The van der Waals surface area contributed by atoms with Crippen molar-refractivity contribution in [1.82, 2.24) is 4.31 Å². The highest BCUT2D eigenvalue weighted by Gasteiger charge is 2.24. The fourth-order valence-electron chi connectivity index (χ4n) is 2.39. The molecule has 1 heterocycles. The summed E-state index contributed by atoms with van der Waals surface area (Å²) < 4.78 is 28.7. The molecule has 1 saturated heterocycles. The van der Waals surface area contributed by atoms with Crippen LogP contribution in [0.25, 0.3) is 0 Å². The third-order valence-corrected chi connectivity index (χ3v) is 5.04. The van der Waals surface area contributed by atoms with Gasteiger partial charge in [-0.05, 0) is 30.9 Å². The van der Waals surface area contributed by atoms with Crippen molar-refractivity contribution in [2.45, 2.75) is 32.1 Å². The van der Waals surface area contributed by atoms with E-state index in [2.05, 4.69) is 4.72 Å². The summed E-state index contributed by atoms with van der Waals surface area (Å²) in [6.45, 7) is 1.07. The summed E-state index contributed by atoms with van der Waals surface area (Å²) >= 11 is 0. The number of piperidine rings is 1. The monoisotopic (exact) mass is 312 g/mol. The van der Waals surface area contributed by atoms with Crippen LogP contribution >= 0.6 is 0 Å². The molecular weight excluding hydrogens is 292 g/mol. The van der Waals surface area contributed by atoms with Gasteiger partial charge in [-0.2, -0.15) is 12.7 Å². The molecular formula is C14H20N2O4S. The van der Waals surface area contributed by atoms with E-state index < -0.39 is 16.2 Å². The molecule has 0 bridgehead atoms. The molecule has 0 amide bonds. The normalized spacial score (nSPS) is 16.6. The standard InChI is InChI=1S/C14H20N2O4S/c17-14(18)9-8-12-6-2-3-7-13(12)15-21(19,20)16-10-4-1-5-11-16/h2-3,6-7,15H,1,4-5,8-11H2,(H,17,18). The topological polar surface area (TPSA) is 86.7 Å². The molecule has 1 aliphatic heterocycles. The molecule has 21 heavy (non-hydrogen) atoms. The third kappa shape index (κ3) is 4.44. The molecule has 0 aliphatic carbocycles. The summed E-state index contributed by atoms with van der Waals surface area (Å²) in [5.74, 6) is -0.899. The number of carbonyl (C=O) groups is 1. The number of rotatable bonds is 6. The Morgan fingerprint density at radius 3 is 2.52 bits per heavy atom. The SMILES string of the molecule is O=C(O)CCc1ccccc1NS(=O)(=O)N1CCCCC1. The molecule has 1 fully saturated rings. The van der Waals surface area contributed by atoms with E-state index in [1.165, 1.54) is 4.31 Å². The Morgan fingerprint density at radius 2 is 1.86 bits per heavy atom. The van der Waals surface area contributed by atoms with E-state index in [0.29, 0.717) is 30.8 Å². The van der Waals surface area contributed by atoms with Crippen LogP contribution in [0.5, 0.6) is 0 Å². The second-order valence-electron chi connectivity index (χ2n) is 5.12. The number of carboxylic acid groups (broad SMARTS) is 1. The molecule has 1 aromatic rings. The Hall–Kier alpha value is -1.60. The average molecular weight is 312 g/mol. The zero-order valence-electron chi connectivity index (χ0n) is 11.8. The fourth-order valence-corrected chi connectivity index (χ4v) is 3.73. The van der Waals surface area contributed by atoms with Crippen molar-refractivity contribution < 1.29 is 18.3 Å². The summed E-state index contributed by atoms with van der Waals surface area (Å²) in [6, 6.07) is 6.92. The van der Waals surface area contributed by atoms with Gasteiger partial charge in [0, 0.05) is 19.5 Å². The number of anilines is 1. The molecule has 2 rings (SSSR count). The summed E-state index contributed by atoms with van der Waals surface area (Å²) in [4.78, 5) is 10.7. The van der Waals surface area contributed by atoms with Crippen LogP contribution in [0, 0.1) is 0 Å². The van der Waals surface area contributed by atoms with Crippen molar-refractivity contribution in [3.8, 4) is 0 Å². The number of benzene rings is 1. The number of aliphatic carboxylic acids is 1. The molecule has 7 heteroatoms. The van der Waals surface area contributed by atoms with E-state index in [9.17, 15) is 13.2 Å². The summed E-state index contributed by atoms with van der Waals surface area (Å²) in [6.07, 6.45) is 3.08. The Morgan fingerprint density at radius 1 is 1.19 bits per heavy atom. The molecule has 6 nitrogen and oxygen atoms in total. The number of carboxylic acids is 1. The first kappa shape index (κ1) is 15.8. The molecule has 0 radical (unpaired) electrons. The van der Waals surface area contributed by atoms with Gasteiger partial charge < -0.3 is 5.11 Å². The third-order valence-electron chi connectivity index (χ3n) is 3.52. The lowest BCUT2D eigenvalue weighted by molar-refractivity contribution is -0.136. The van der Waals surface area contributed by atoms with Gasteiger partial charge in [-0.25, -0.2) is 0 Å². The molecule has 0 atom stereocenters. The highest BCUT2D eigenvalue weighted by molar-refractivity contribution is 7.90. The van der Waals surface area contributed by atoms with Gasteiger partial charge >= 0.3 is 16.2 Å². The number of para-hydroxylation sites is 1. The van der Waals surface area contributed by atoms with Crippen LogP contribution in [0.4, 0.5) is 5.69 Å². The lowest BCUT2D eigenvalue weighted by Gasteiger charge is -2.26. The Balaban J connectivity index is 2.12. The maximum atomic E-state index is 12.3. The van der Waals surface area contributed by atoms with Crippen LogP contribution < -0.4 is 4.72 Å². The van der Waals surface area contributed by atoms with E-state index >= 15 is 0 Å². The maximum absolute atomic E-state index is 12.3. The zero-order chi connectivity index (χ0) is 15.3. The van der Waals surface area contributed by atoms with Gasteiger partial charge in [0.1, 0.15) is 0 Å². The van der Waals surface area contributed by atoms with Crippen LogP contribution in [0.1, 0.15) is 31.2 Å². The van der Waals surface area contributed by atoms with Gasteiger partial charge in [0.2, 0.25) is 0 Å². The predicted octanol–water partition coefficient (Wildman–Crippen LogP) is 1.85. The van der Waals surface area contributed by atoms with Crippen molar-refractivity contribution in [2.24, 2.45) is 0 Å². The molecule has 0 spiro atoms. The van der Waals surface area contributed by atoms with E-state index in [1.807, 2.05) is 0 Å². The van der Waals surface area contributed by atoms with Gasteiger partial charge in [0.15, 0.2) is 0 Å². The van der Waals surface area contributed by atoms with E-state index in [4.69, 9.17) is 5.11 Å². The molecule has 1 aliphatic rings. The molecule has 0 aromatic heterocycles. The lowest BCUT2D eigenvalue weighted by Crippen LogP contribution is -2.39. The number of hydrogen-bond donors (Lipinski definition) is 2. The first-order valence-electron chi connectivity index (χ1n) is 7.06. The minimum atomic E-state index is -3.56. The second kappa shape index (κ2) is 6.91. The average Bonchev–Trinajstić information content (AvgIpc) is 2.47. The molecule has 0 saturated carbocycles. The van der Waals surface area contributed by atoms with E-state index in [0.717, 1.165) is 19.3 Å². The van der Waals surface area contributed by atoms with Crippen molar-refractivity contribution in [1.29, 1.82) is 0 Å². The van der Waals surface area contributed by atoms with Crippen LogP contribution in [-0.4, -0.2) is 36.9 Å². The van der Waals surface area contributed by atoms with Gasteiger partial charge in [0.05, 0.1) is 5.69 Å². The molecule has 0 unspecified atom stereocenters. The fraction of sp³-hybridized carbons (Fsp3) is 0.500.